The molecule has 0 aliphatic carbocycles. The van der Waals surface area contributed by atoms with Crippen LogP contribution in [0.3, 0.4) is 0 Å². The molecule has 1 aromatic heterocycles. The van der Waals surface area contributed by atoms with E-state index >= 15 is 0 Å². The Morgan fingerprint density at radius 2 is 0.567 bits per heavy atom. The lowest BCUT2D eigenvalue weighted by Gasteiger charge is -2.15. The fourth-order valence-electron chi connectivity index (χ4n) is 4.26. The van der Waals surface area contributed by atoms with Crippen molar-refractivity contribution in [3.63, 3.8) is 0 Å². The zero-order valence-electron chi connectivity index (χ0n) is 21.0. The monoisotopic (exact) mass is 416 g/mol. The largest absolute Gasteiger partial charge is 0.254 e. The number of hydrogen-bond acceptors (Lipinski definition) is 2. The predicted molar refractivity (Wildman–Crippen MR) is 133 cm³/mol. The van der Waals surface area contributed by atoms with Gasteiger partial charge in [-0.05, 0) is 51.4 Å². The number of nitrogens with zero attached hydrogens (tertiary/aromatic N) is 2. The van der Waals surface area contributed by atoms with E-state index in [-0.39, 0.29) is 0 Å². The van der Waals surface area contributed by atoms with Gasteiger partial charge in [0.25, 0.3) is 0 Å². The van der Waals surface area contributed by atoms with Crippen LogP contribution in [0.2, 0.25) is 0 Å². The molecular formula is C28H52N2. The molecule has 0 unspecified atom stereocenters. The van der Waals surface area contributed by atoms with E-state index in [1.807, 2.05) is 0 Å². The summed E-state index contributed by atoms with van der Waals surface area (Å²) in [5.74, 6) is 0. The van der Waals surface area contributed by atoms with E-state index in [4.69, 9.17) is 9.97 Å². The Morgan fingerprint density at radius 1 is 0.333 bits per heavy atom. The Morgan fingerprint density at radius 3 is 0.767 bits per heavy atom. The molecule has 2 heteroatoms. The number of aromatic nitrogens is 2. The van der Waals surface area contributed by atoms with Gasteiger partial charge in [-0.2, -0.15) is 0 Å². The topological polar surface area (TPSA) is 25.8 Å². The smallest absolute Gasteiger partial charge is 0.0622 e. The van der Waals surface area contributed by atoms with Crippen LogP contribution in [0.5, 0.6) is 0 Å². The highest BCUT2D eigenvalue weighted by molar-refractivity contribution is 5.22. The summed E-state index contributed by atoms with van der Waals surface area (Å²) >= 11 is 0. The zero-order valence-corrected chi connectivity index (χ0v) is 21.0. The maximum Gasteiger partial charge on any atom is 0.0622 e. The van der Waals surface area contributed by atoms with Crippen LogP contribution in [-0.4, -0.2) is 9.97 Å². The van der Waals surface area contributed by atoms with Gasteiger partial charge in [0.2, 0.25) is 0 Å². The van der Waals surface area contributed by atoms with Crippen molar-refractivity contribution in [1.29, 1.82) is 0 Å². The molecule has 0 saturated heterocycles. The van der Waals surface area contributed by atoms with E-state index in [1.54, 1.807) is 0 Å². The molecule has 0 N–H and O–H groups in total. The van der Waals surface area contributed by atoms with Crippen molar-refractivity contribution in [3.8, 4) is 0 Å². The maximum absolute atomic E-state index is 5.30. The molecule has 1 rings (SSSR count). The van der Waals surface area contributed by atoms with Crippen molar-refractivity contribution in [2.24, 2.45) is 0 Å². The van der Waals surface area contributed by atoms with Crippen molar-refractivity contribution >= 4 is 0 Å². The highest BCUT2D eigenvalue weighted by atomic mass is 14.8. The first kappa shape index (κ1) is 27.1. The van der Waals surface area contributed by atoms with Gasteiger partial charge in [0, 0.05) is 0 Å². The summed E-state index contributed by atoms with van der Waals surface area (Å²) in [6.07, 6.45) is 25.5. The van der Waals surface area contributed by atoms with E-state index in [0.717, 1.165) is 25.7 Å². The lowest BCUT2D eigenvalue weighted by atomic mass is 10.0. The molecule has 0 aliphatic heterocycles. The van der Waals surface area contributed by atoms with Crippen molar-refractivity contribution in [2.75, 3.05) is 0 Å². The van der Waals surface area contributed by atoms with E-state index in [2.05, 4.69) is 27.7 Å². The first-order chi connectivity index (χ1) is 14.8. The van der Waals surface area contributed by atoms with Crippen molar-refractivity contribution in [1.82, 2.24) is 9.97 Å². The molecule has 0 spiro atoms. The molecule has 0 aliphatic rings. The average molecular weight is 417 g/mol. The molecular weight excluding hydrogens is 364 g/mol. The molecule has 0 fully saturated rings. The summed E-state index contributed by atoms with van der Waals surface area (Å²) in [6, 6.07) is 0. The average Bonchev–Trinajstić information content (AvgIpc) is 2.76. The standard InChI is InChI=1S/C28H52N2/c1-5-9-13-17-21-25-26(22-18-14-10-6-2)30-28(24-20-16-12-8-4)27(29-25)23-19-15-11-7-3/h5-24H2,1-4H3. The maximum atomic E-state index is 5.30. The van der Waals surface area contributed by atoms with Crippen LogP contribution in [-0.2, 0) is 25.7 Å². The fourth-order valence-corrected chi connectivity index (χ4v) is 4.26. The summed E-state index contributed by atoms with van der Waals surface area (Å²) < 4.78 is 0. The van der Waals surface area contributed by atoms with Gasteiger partial charge in [-0.3, -0.25) is 9.97 Å². The first-order valence-corrected chi connectivity index (χ1v) is 13.6. The van der Waals surface area contributed by atoms with Crippen LogP contribution in [0.1, 0.15) is 153 Å². The third-order valence-electron chi connectivity index (χ3n) is 6.27. The van der Waals surface area contributed by atoms with Gasteiger partial charge in [0.1, 0.15) is 0 Å². The SMILES string of the molecule is CCCCCCc1nc(CCCCCC)c(CCCCCC)nc1CCCCCC. The number of unbranched alkanes of at least 4 members (excludes halogenated alkanes) is 12. The molecule has 0 radical (unpaired) electrons. The molecule has 174 valence electrons. The minimum atomic E-state index is 1.13. The number of hydrogen-bond donors (Lipinski definition) is 0. The lowest BCUT2D eigenvalue weighted by molar-refractivity contribution is 0.610. The third kappa shape index (κ3) is 12.1. The molecule has 0 atom stereocenters. The predicted octanol–water partition coefficient (Wildman–Crippen LogP) is 8.97. The molecule has 0 saturated carbocycles. The number of rotatable bonds is 20. The van der Waals surface area contributed by atoms with Crippen LogP contribution < -0.4 is 0 Å². The van der Waals surface area contributed by atoms with Crippen molar-refractivity contribution in [2.45, 2.75) is 156 Å². The Balaban J connectivity index is 2.93. The summed E-state index contributed by atoms with van der Waals surface area (Å²) in [5.41, 5.74) is 5.35. The third-order valence-corrected chi connectivity index (χ3v) is 6.27. The second-order valence-electron chi connectivity index (χ2n) is 9.25. The van der Waals surface area contributed by atoms with E-state index in [1.165, 1.54) is 126 Å². The minimum Gasteiger partial charge on any atom is -0.254 e. The van der Waals surface area contributed by atoms with E-state index in [9.17, 15) is 0 Å². The van der Waals surface area contributed by atoms with Crippen molar-refractivity contribution < 1.29 is 0 Å². The summed E-state index contributed by atoms with van der Waals surface area (Å²) in [6.45, 7) is 9.17. The van der Waals surface area contributed by atoms with Crippen LogP contribution in [0.15, 0.2) is 0 Å². The summed E-state index contributed by atoms with van der Waals surface area (Å²) in [5, 5.41) is 0. The summed E-state index contributed by atoms with van der Waals surface area (Å²) in [4.78, 5) is 10.6. The number of aryl methyl sites for hydroxylation is 4. The Labute approximate surface area is 189 Å². The minimum absolute atomic E-state index is 1.13. The normalized spacial score (nSPS) is 11.3. The van der Waals surface area contributed by atoms with E-state index < -0.39 is 0 Å². The zero-order chi connectivity index (χ0) is 21.9. The molecule has 2 nitrogen and oxygen atoms in total. The molecule has 1 aromatic rings. The fraction of sp³-hybridized carbons (Fsp3) is 0.857. The van der Waals surface area contributed by atoms with Crippen LogP contribution >= 0.6 is 0 Å². The molecule has 0 bridgehead atoms. The second-order valence-corrected chi connectivity index (χ2v) is 9.25. The van der Waals surface area contributed by atoms with Gasteiger partial charge < -0.3 is 0 Å². The molecule has 1 heterocycles. The quantitative estimate of drug-likeness (QED) is 0.198. The summed E-state index contributed by atoms with van der Waals surface area (Å²) in [7, 11) is 0. The van der Waals surface area contributed by atoms with Gasteiger partial charge in [0.15, 0.2) is 0 Å². The molecule has 0 aromatic carbocycles. The van der Waals surface area contributed by atoms with Crippen LogP contribution in [0, 0.1) is 0 Å². The Kier molecular flexibility index (Phi) is 17.0. The molecule has 30 heavy (non-hydrogen) atoms. The van der Waals surface area contributed by atoms with Gasteiger partial charge >= 0.3 is 0 Å². The van der Waals surface area contributed by atoms with E-state index in [0.29, 0.717) is 0 Å². The first-order valence-electron chi connectivity index (χ1n) is 13.6. The van der Waals surface area contributed by atoms with Crippen LogP contribution in [0.4, 0.5) is 0 Å². The highest BCUT2D eigenvalue weighted by Crippen LogP contribution is 2.20. The Hall–Kier alpha value is -0.920. The van der Waals surface area contributed by atoms with Gasteiger partial charge in [-0.1, -0.05) is 105 Å². The van der Waals surface area contributed by atoms with Crippen LogP contribution in [0.25, 0.3) is 0 Å². The molecule has 0 amide bonds. The van der Waals surface area contributed by atoms with Gasteiger partial charge in [-0.15, -0.1) is 0 Å². The Bertz CT molecular complexity index is 433. The van der Waals surface area contributed by atoms with Gasteiger partial charge in [-0.25, -0.2) is 0 Å². The van der Waals surface area contributed by atoms with Gasteiger partial charge in [0.05, 0.1) is 22.8 Å². The van der Waals surface area contributed by atoms with Crippen molar-refractivity contribution in [3.05, 3.63) is 22.8 Å². The lowest BCUT2D eigenvalue weighted by Crippen LogP contribution is -2.11. The highest BCUT2D eigenvalue weighted by Gasteiger charge is 2.14. The second kappa shape index (κ2) is 18.8.